The highest BCUT2D eigenvalue weighted by atomic mass is 16.2. The number of aromatic nitrogens is 1. The Balaban J connectivity index is 1.57. The summed E-state index contributed by atoms with van der Waals surface area (Å²) in [6.45, 7) is 6.34. The van der Waals surface area contributed by atoms with Crippen molar-refractivity contribution < 1.29 is 4.79 Å². The van der Waals surface area contributed by atoms with E-state index in [-0.39, 0.29) is 5.91 Å². The zero-order valence-corrected chi connectivity index (χ0v) is 15.2. The number of hydrogen-bond donors (Lipinski definition) is 0. The number of pyridine rings is 1. The number of nitrogens with zero attached hydrogens (tertiary/aromatic N) is 3. The number of carbonyl (C=O) groups excluding carboxylic acids is 1. The topological polar surface area (TPSA) is 36.4 Å². The largest absolute Gasteiger partial charge is 0.336 e. The molecule has 1 aromatic carbocycles. The van der Waals surface area contributed by atoms with Gasteiger partial charge in [-0.3, -0.25) is 14.7 Å². The molecule has 2 fully saturated rings. The van der Waals surface area contributed by atoms with Crippen LogP contribution in [0.5, 0.6) is 0 Å². The standard InChI is InChI=1S/C21H27N3O/c1-15-9-10-16(2)24(15)18-7-5-13-23(14-18)21(25)20-19-8-4-3-6-17(19)11-12-22-20/h3-4,6,8,11-12,15-16,18H,5,7,9-10,13-14H2,1-2H3. The zero-order chi connectivity index (χ0) is 17.4. The molecule has 1 aromatic heterocycles. The minimum atomic E-state index is 0.0843. The minimum absolute atomic E-state index is 0.0843. The van der Waals surface area contributed by atoms with Crippen molar-refractivity contribution in [3.8, 4) is 0 Å². The average Bonchev–Trinajstić information content (AvgIpc) is 2.99. The van der Waals surface area contributed by atoms with Crippen LogP contribution in [-0.4, -0.2) is 51.9 Å². The van der Waals surface area contributed by atoms with Gasteiger partial charge in [-0.1, -0.05) is 24.3 Å². The number of hydrogen-bond acceptors (Lipinski definition) is 3. The average molecular weight is 337 g/mol. The lowest BCUT2D eigenvalue weighted by Crippen LogP contribution is -2.52. The van der Waals surface area contributed by atoms with Crippen LogP contribution in [0.15, 0.2) is 36.5 Å². The second-order valence-electron chi connectivity index (χ2n) is 7.65. The molecule has 0 bridgehead atoms. The van der Waals surface area contributed by atoms with E-state index < -0.39 is 0 Å². The Hall–Kier alpha value is -1.94. The quantitative estimate of drug-likeness (QED) is 0.838. The zero-order valence-electron chi connectivity index (χ0n) is 15.2. The van der Waals surface area contributed by atoms with Gasteiger partial charge in [0.25, 0.3) is 5.91 Å². The summed E-state index contributed by atoms with van der Waals surface area (Å²) in [5, 5.41) is 2.04. The lowest BCUT2D eigenvalue weighted by Gasteiger charge is -2.41. The third-order valence-electron chi connectivity index (χ3n) is 6.00. The van der Waals surface area contributed by atoms with E-state index in [4.69, 9.17) is 0 Å². The van der Waals surface area contributed by atoms with E-state index in [1.165, 1.54) is 19.3 Å². The van der Waals surface area contributed by atoms with Crippen LogP contribution < -0.4 is 0 Å². The fraction of sp³-hybridized carbons (Fsp3) is 0.524. The summed E-state index contributed by atoms with van der Waals surface area (Å²) < 4.78 is 0. The van der Waals surface area contributed by atoms with E-state index in [0.29, 0.717) is 23.8 Å². The van der Waals surface area contributed by atoms with Crippen LogP contribution in [0.2, 0.25) is 0 Å². The van der Waals surface area contributed by atoms with Crippen molar-refractivity contribution in [3.05, 3.63) is 42.2 Å². The van der Waals surface area contributed by atoms with Crippen LogP contribution in [0, 0.1) is 0 Å². The van der Waals surface area contributed by atoms with E-state index in [1.54, 1.807) is 6.20 Å². The molecule has 4 rings (SSSR count). The van der Waals surface area contributed by atoms with Gasteiger partial charge in [0.05, 0.1) is 0 Å². The Bertz CT molecular complexity index is 759. The number of piperidine rings is 1. The molecular formula is C21H27N3O. The van der Waals surface area contributed by atoms with Crippen LogP contribution in [0.1, 0.15) is 50.0 Å². The summed E-state index contributed by atoms with van der Waals surface area (Å²) in [5.74, 6) is 0.0843. The number of likely N-dealkylation sites (tertiary alicyclic amines) is 2. The highest BCUT2D eigenvalue weighted by Crippen LogP contribution is 2.30. The second kappa shape index (κ2) is 6.75. The SMILES string of the molecule is CC1CCC(C)N1C1CCCN(C(=O)c2nccc3ccccc23)C1. The van der Waals surface area contributed by atoms with E-state index in [9.17, 15) is 4.79 Å². The van der Waals surface area contributed by atoms with Crippen molar-refractivity contribution in [1.29, 1.82) is 0 Å². The third-order valence-corrected chi connectivity index (χ3v) is 6.00. The first-order chi connectivity index (χ1) is 12.1. The Kier molecular flexibility index (Phi) is 4.46. The van der Waals surface area contributed by atoms with Crippen LogP contribution in [0.4, 0.5) is 0 Å². The van der Waals surface area contributed by atoms with Gasteiger partial charge in [-0.25, -0.2) is 0 Å². The molecule has 3 atom stereocenters. The van der Waals surface area contributed by atoms with Crippen molar-refractivity contribution in [2.75, 3.05) is 13.1 Å². The molecule has 25 heavy (non-hydrogen) atoms. The normalized spacial score (nSPS) is 27.8. The van der Waals surface area contributed by atoms with Crippen LogP contribution in [0.3, 0.4) is 0 Å². The maximum absolute atomic E-state index is 13.2. The first-order valence-corrected chi connectivity index (χ1v) is 9.55. The summed E-state index contributed by atoms with van der Waals surface area (Å²) >= 11 is 0. The lowest BCUT2D eigenvalue weighted by molar-refractivity contribution is 0.0484. The molecule has 2 saturated heterocycles. The molecular weight excluding hydrogens is 310 g/mol. The van der Waals surface area contributed by atoms with Crippen LogP contribution in [0.25, 0.3) is 10.8 Å². The fourth-order valence-electron chi connectivity index (χ4n) is 4.76. The summed E-state index contributed by atoms with van der Waals surface area (Å²) in [5.41, 5.74) is 0.598. The van der Waals surface area contributed by atoms with Gasteiger partial charge in [0.15, 0.2) is 0 Å². The van der Waals surface area contributed by atoms with Crippen LogP contribution >= 0.6 is 0 Å². The highest BCUT2D eigenvalue weighted by molar-refractivity contribution is 6.05. The Morgan fingerprint density at radius 2 is 1.84 bits per heavy atom. The predicted octanol–water partition coefficient (Wildman–Crippen LogP) is 3.71. The fourth-order valence-corrected chi connectivity index (χ4v) is 4.76. The third kappa shape index (κ3) is 3.04. The number of benzene rings is 1. The molecule has 132 valence electrons. The van der Waals surface area contributed by atoms with Crippen LogP contribution in [-0.2, 0) is 0 Å². The molecule has 0 radical (unpaired) electrons. The van der Waals surface area contributed by atoms with Gasteiger partial charge in [0.2, 0.25) is 0 Å². The number of carbonyl (C=O) groups is 1. The first kappa shape index (κ1) is 16.5. The summed E-state index contributed by atoms with van der Waals surface area (Å²) in [6.07, 6.45) is 6.58. The van der Waals surface area contributed by atoms with E-state index in [0.717, 1.165) is 30.3 Å². The van der Waals surface area contributed by atoms with Gasteiger partial charge >= 0.3 is 0 Å². The highest BCUT2D eigenvalue weighted by Gasteiger charge is 2.36. The van der Waals surface area contributed by atoms with Gasteiger partial charge < -0.3 is 4.90 Å². The molecule has 0 saturated carbocycles. The minimum Gasteiger partial charge on any atom is -0.336 e. The van der Waals surface area contributed by atoms with Gasteiger partial charge in [-0.15, -0.1) is 0 Å². The van der Waals surface area contributed by atoms with Crippen molar-refractivity contribution >= 4 is 16.7 Å². The molecule has 1 amide bonds. The van der Waals surface area contributed by atoms with Crippen molar-refractivity contribution in [3.63, 3.8) is 0 Å². The van der Waals surface area contributed by atoms with Gasteiger partial charge in [-0.2, -0.15) is 0 Å². The maximum Gasteiger partial charge on any atom is 0.273 e. The van der Waals surface area contributed by atoms with E-state index in [2.05, 4.69) is 23.7 Å². The Morgan fingerprint density at radius 3 is 2.64 bits per heavy atom. The van der Waals surface area contributed by atoms with Crippen molar-refractivity contribution in [2.45, 2.75) is 57.7 Å². The van der Waals surface area contributed by atoms with E-state index >= 15 is 0 Å². The first-order valence-electron chi connectivity index (χ1n) is 9.55. The molecule has 2 aliphatic heterocycles. The molecule has 0 aliphatic carbocycles. The smallest absolute Gasteiger partial charge is 0.273 e. The Morgan fingerprint density at radius 1 is 1.08 bits per heavy atom. The Labute approximate surface area is 149 Å². The van der Waals surface area contributed by atoms with Crippen molar-refractivity contribution in [2.24, 2.45) is 0 Å². The number of rotatable bonds is 2. The van der Waals surface area contributed by atoms with Gasteiger partial charge in [0, 0.05) is 42.8 Å². The maximum atomic E-state index is 13.2. The summed E-state index contributed by atoms with van der Waals surface area (Å²) in [6, 6.07) is 11.7. The molecule has 2 aromatic rings. The summed E-state index contributed by atoms with van der Waals surface area (Å²) in [4.78, 5) is 22.3. The van der Waals surface area contributed by atoms with Gasteiger partial charge in [-0.05, 0) is 51.0 Å². The molecule has 2 aliphatic rings. The molecule has 3 unspecified atom stereocenters. The summed E-state index contributed by atoms with van der Waals surface area (Å²) in [7, 11) is 0. The molecule has 0 spiro atoms. The van der Waals surface area contributed by atoms with Crippen molar-refractivity contribution in [1.82, 2.24) is 14.8 Å². The molecule has 0 N–H and O–H groups in total. The number of amides is 1. The number of fused-ring (bicyclic) bond motifs is 1. The monoisotopic (exact) mass is 337 g/mol. The lowest BCUT2D eigenvalue weighted by atomic mass is 10.0. The van der Waals surface area contributed by atoms with Gasteiger partial charge in [0.1, 0.15) is 5.69 Å². The van der Waals surface area contributed by atoms with E-state index in [1.807, 2.05) is 35.2 Å². The molecule has 4 heteroatoms. The molecule has 4 nitrogen and oxygen atoms in total. The second-order valence-corrected chi connectivity index (χ2v) is 7.65. The molecule has 3 heterocycles. The predicted molar refractivity (Wildman–Crippen MR) is 101 cm³/mol.